The summed E-state index contributed by atoms with van der Waals surface area (Å²) in [7, 11) is 5.49. The second kappa shape index (κ2) is 5.33. The maximum Gasteiger partial charge on any atom is 0.317 e. The Bertz CT molecular complexity index is 525. The molecule has 1 N–H and O–H groups in total. The number of carbonyl (C=O) groups excluding carboxylic acids is 1. The van der Waals surface area contributed by atoms with Crippen molar-refractivity contribution in [2.24, 2.45) is 12.5 Å². The predicted molar refractivity (Wildman–Crippen MR) is 80.8 cm³/mol. The van der Waals surface area contributed by atoms with E-state index in [1.807, 2.05) is 24.9 Å². The molecular weight excluding hydrogens is 268 g/mol. The smallest absolute Gasteiger partial charge is 0.317 e. The molecule has 0 radical (unpaired) electrons. The topological polar surface area (TPSA) is 59.4 Å². The monoisotopic (exact) mass is 294 g/mol. The number of hydrogen-bond donors (Lipinski definition) is 1. The van der Waals surface area contributed by atoms with E-state index < -0.39 is 0 Å². The maximum atomic E-state index is 12.3. The second-order valence-corrected chi connectivity index (χ2v) is 6.60. The third kappa shape index (κ3) is 2.52. The molecule has 1 heterocycles. The van der Waals surface area contributed by atoms with Crippen LogP contribution in [0.3, 0.4) is 0 Å². The van der Waals surface area contributed by atoms with Gasteiger partial charge in [-0.15, -0.1) is 0 Å². The molecule has 118 valence electrons. The summed E-state index contributed by atoms with van der Waals surface area (Å²) in [6.45, 7) is 6.82. The van der Waals surface area contributed by atoms with Gasteiger partial charge in [-0.1, -0.05) is 13.8 Å². The lowest BCUT2D eigenvalue weighted by Crippen LogP contribution is -2.69. The van der Waals surface area contributed by atoms with Crippen LogP contribution in [-0.4, -0.2) is 46.3 Å². The summed E-state index contributed by atoms with van der Waals surface area (Å²) in [5.41, 5.74) is -0.247. The first-order valence-corrected chi connectivity index (χ1v) is 7.25. The average Bonchev–Trinajstić information content (AvgIpc) is 2.86. The van der Waals surface area contributed by atoms with Crippen LogP contribution in [0, 0.1) is 5.41 Å². The largest absolute Gasteiger partial charge is 0.378 e. The second-order valence-electron chi connectivity index (χ2n) is 6.60. The number of carbonyl (C=O) groups is 1. The van der Waals surface area contributed by atoms with Crippen LogP contribution < -0.4 is 5.32 Å². The highest BCUT2D eigenvalue weighted by Gasteiger charge is 2.59. The van der Waals surface area contributed by atoms with E-state index in [0.717, 1.165) is 12.2 Å². The molecule has 0 bridgehead atoms. The molecule has 1 aliphatic rings. The first-order chi connectivity index (χ1) is 9.73. The van der Waals surface area contributed by atoms with Gasteiger partial charge in [-0.05, 0) is 13.3 Å². The Morgan fingerprint density at radius 2 is 2.24 bits per heavy atom. The van der Waals surface area contributed by atoms with Crippen molar-refractivity contribution < 1.29 is 9.53 Å². The highest BCUT2D eigenvalue weighted by Crippen LogP contribution is 2.53. The lowest BCUT2D eigenvalue weighted by molar-refractivity contribution is -0.198. The van der Waals surface area contributed by atoms with Crippen LogP contribution in [0.1, 0.15) is 33.0 Å². The third-order valence-corrected chi connectivity index (χ3v) is 5.34. The quantitative estimate of drug-likeness (QED) is 0.920. The fourth-order valence-electron chi connectivity index (χ4n) is 3.06. The fourth-order valence-corrected chi connectivity index (χ4v) is 3.06. The molecule has 1 aliphatic carbocycles. The van der Waals surface area contributed by atoms with Crippen LogP contribution in [0.2, 0.25) is 0 Å². The Kier molecular flexibility index (Phi) is 4.02. The number of ether oxygens (including phenoxy) is 1. The Labute approximate surface area is 126 Å². The van der Waals surface area contributed by atoms with Gasteiger partial charge in [0.05, 0.1) is 12.1 Å². The van der Waals surface area contributed by atoms with Gasteiger partial charge in [0.25, 0.3) is 0 Å². The lowest BCUT2D eigenvalue weighted by Gasteiger charge is -2.61. The lowest BCUT2D eigenvalue weighted by atomic mass is 9.55. The summed E-state index contributed by atoms with van der Waals surface area (Å²) < 4.78 is 7.51. The number of urea groups is 1. The van der Waals surface area contributed by atoms with E-state index in [0.29, 0.717) is 6.54 Å². The Morgan fingerprint density at radius 1 is 1.57 bits per heavy atom. The van der Waals surface area contributed by atoms with Gasteiger partial charge in [-0.2, -0.15) is 0 Å². The molecule has 6 nitrogen and oxygen atoms in total. The van der Waals surface area contributed by atoms with Gasteiger partial charge in [0.2, 0.25) is 0 Å². The molecule has 1 saturated carbocycles. The maximum absolute atomic E-state index is 12.3. The minimum absolute atomic E-state index is 0.0724. The van der Waals surface area contributed by atoms with Crippen molar-refractivity contribution in [3.8, 4) is 0 Å². The number of aromatic nitrogens is 2. The SMILES string of the molecule is CO[C@@]1(C)C[C@@H](N(C)C(=O)NCc2nccn2C)C1(C)C. The predicted octanol–water partition coefficient (Wildman–Crippen LogP) is 1.77. The molecule has 0 aliphatic heterocycles. The molecule has 21 heavy (non-hydrogen) atoms. The van der Waals surface area contributed by atoms with Gasteiger partial charge in [0.1, 0.15) is 5.82 Å². The standard InChI is InChI=1S/C15H26N4O2/c1-14(2)11(9-15(14,3)21-6)19(5)13(20)17-10-12-16-7-8-18(12)4/h7-8,11H,9-10H2,1-6H3,(H,17,20)/t11-,15+/m1/s1. The molecule has 6 heteroatoms. The zero-order chi connectivity index (χ0) is 15.8. The minimum atomic E-state index is -0.175. The summed E-state index contributed by atoms with van der Waals surface area (Å²) in [6, 6.07) is 0.0954. The average molecular weight is 294 g/mol. The van der Waals surface area contributed by atoms with E-state index in [4.69, 9.17) is 4.74 Å². The molecule has 2 atom stereocenters. The normalized spacial score (nSPS) is 27.0. The molecule has 0 unspecified atom stereocenters. The number of hydrogen-bond acceptors (Lipinski definition) is 3. The highest BCUT2D eigenvalue weighted by atomic mass is 16.5. The van der Waals surface area contributed by atoms with Gasteiger partial charge in [-0.25, -0.2) is 9.78 Å². The Morgan fingerprint density at radius 3 is 2.71 bits per heavy atom. The third-order valence-electron chi connectivity index (χ3n) is 5.34. The van der Waals surface area contributed by atoms with Crippen molar-refractivity contribution >= 4 is 6.03 Å². The number of rotatable bonds is 4. The van der Waals surface area contributed by atoms with Crippen molar-refractivity contribution in [1.29, 1.82) is 0 Å². The van der Waals surface area contributed by atoms with Crippen LogP contribution >= 0.6 is 0 Å². The molecule has 0 spiro atoms. The highest BCUT2D eigenvalue weighted by molar-refractivity contribution is 5.74. The van der Waals surface area contributed by atoms with Gasteiger partial charge in [-0.3, -0.25) is 0 Å². The summed E-state index contributed by atoms with van der Waals surface area (Å²) in [6.07, 6.45) is 4.44. The van der Waals surface area contributed by atoms with E-state index in [2.05, 4.69) is 31.1 Å². The molecule has 1 fully saturated rings. The zero-order valence-electron chi connectivity index (χ0n) is 13.8. The van der Waals surface area contributed by atoms with Crippen molar-refractivity contribution in [2.45, 2.75) is 45.4 Å². The van der Waals surface area contributed by atoms with E-state index >= 15 is 0 Å². The van der Waals surface area contributed by atoms with Crippen LogP contribution in [0.15, 0.2) is 12.4 Å². The molecule has 1 aromatic rings. The van der Waals surface area contributed by atoms with Gasteiger partial charge in [0.15, 0.2) is 0 Å². The van der Waals surface area contributed by atoms with Crippen LogP contribution in [0.5, 0.6) is 0 Å². The van der Waals surface area contributed by atoms with E-state index in [-0.39, 0.29) is 23.1 Å². The Hall–Kier alpha value is -1.56. The molecule has 2 amide bonds. The van der Waals surface area contributed by atoms with E-state index in [1.165, 1.54) is 0 Å². The van der Waals surface area contributed by atoms with Crippen molar-refractivity contribution in [1.82, 2.24) is 19.8 Å². The number of amides is 2. The molecule has 2 rings (SSSR count). The van der Waals surface area contributed by atoms with Gasteiger partial charge >= 0.3 is 6.03 Å². The van der Waals surface area contributed by atoms with E-state index in [1.54, 1.807) is 18.2 Å². The molecule has 0 saturated heterocycles. The summed E-state index contributed by atoms with van der Waals surface area (Å²) in [5.74, 6) is 0.839. The number of nitrogens with zero attached hydrogens (tertiary/aromatic N) is 3. The van der Waals surface area contributed by atoms with Gasteiger partial charge < -0.3 is 19.5 Å². The van der Waals surface area contributed by atoms with Gasteiger partial charge in [0, 0.05) is 45.1 Å². The molecule has 0 aromatic carbocycles. The van der Waals surface area contributed by atoms with Crippen LogP contribution in [0.25, 0.3) is 0 Å². The zero-order valence-corrected chi connectivity index (χ0v) is 13.8. The fraction of sp³-hybridized carbons (Fsp3) is 0.733. The minimum Gasteiger partial charge on any atom is -0.378 e. The van der Waals surface area contributed by atoms with Crippen molar-refractivity contribution in [3.05, 3.63) is 18.2 Å². The van der Waals surface area contributed by atoms with Crippen molar-refractivity contribution in [2.75, 3.05) is 14.2 Å². The molecule has 1 aromatic heterocycles. The van der Waals surface area contributed by atoms with Crippen molar-refractivity contribution in [3.63, 3.8) is 0 Å². The van der Waals surface area contributed by atoms with Crippen LogP contribution in [-0.2, 0) is 18.3 Å². The molecular formula is C15H26N4O2. The number of aryl methyl sites for hydroxylation is 1. The summed E-state index contributed by atoms with van der Waals surface area (Å²) in [4.78, 5) is 18.3. The number of methoxy groups -OCH3 is 1. The summed E-state index contributed by atoms with van der Waals surface area (Å²) >= 11 is 0. The first-order valence-electron chi connectivity index (χ1n) is 7.25. The number of imidazole rings is 1. The van der Waals surface area contributed by atoms with E-state index in [9.17, 15) is 4.79 Å². The Balaban J connectivity index is 1.94. The first kappa shape index (κ1) is 15.8. The number of nitrogens with one attached hydrogen (secondary N) is 1. The van der Waals surface area contributed by atoms with Crippen LogP contribution in [0.4, 0.5) is 4.79 Å². The summed E-state index contributed by atoms with van der Waals surface area (Å²) in [5, 5.41) is 2.92.